The lowest BCUT2D eigenvalue weighted by atomic mass is 9.80. The molecule has 0 aromatic rings. The number of imide groups is 1. The third-order valence-electron chi connectivity index (χ3n) is 5.81. The van der Waals surface area contributed by atoms with Crippen LogP contribution in [0.25, 0.3) is 0 Å². The molecule has 1 unspecified atom stereocenters. The molecule has 1 heterocycles. The minimum absolute atomic E-state index is 0.0504. The Morgan fingerprint density at radius 2 is 2.00 bits per heavy atom. The Morgan fingerprint density at radius 1 is 1.31 bits per heavy atom. The zero-order chi connectivity index (χ0) is 21.4. The van der Waals surface area contributed by atoms with Crippen molar-refractivity contribution in [3.8, 4) is 0 Å². The van der Waals surface area contributed by atoms with E-state index in [1.54, 1.807) is 6.92 Å². The fourth-order valence-electron chi connectivity index (χ4n) is 3.91. The molecule has 0 aromatic heterocycles. The summed E-state index contributed by atoms with van der Waals surface area (Å²) in [5.74, 6) is 1.10. The van der Waals surface area contributed by atoms with Crippen LogP contribution in [0.5, 0.6) is 0 Å². The summed E-state index contributed by atoms with van der Waals surface area (Å²) in [5.41, 5.74) is 1.08. The van der Waals surface area contributed by atoms with Crippen molar-refractivity contribution in [1.82, 2.24) is 10.2 Å². The number of esters is 1. The van der Waals surface area contributed by atoms with Crippen molar-refractivity contribution in [1.29, 1.82) is 0 Å². The quantitative estimate of drug-likeness (QED) is 0.308. The Hall–Kier alpha value is -1.54. The van der Waals surface area contributed by atoms with Crippen molar-refractivity contribution >= 4 is 29.5 Å². The predicted octanol–water partition coefficient (Wildman–Crippen LogP) is 2.35. The Kier molecular flexibility index (Phi) is 9.49. The summed E-state index contributed by atoms with van der Waals surface area (Å²) in [7, 11) is 3.23. The molecule has 0 aromatic carbocycles. The van der Waals surface area contributed by atoms with Crippen LogP contribution in [0.2, 0.25) is 0 Å². The van der Waals surface area contributed by atoms with Crippen molar-refractivity contribution in [3.05, 3.63) is 12.3 Å². The molecule has 1 saturated carbocycles. The number of methoxy groups -OCH3 is 1. The van der Waals surface area contributed by atoms with E-state index in [2.05, 4.69) is 16.6 Å². The Morgan fingerprint density at radius 3 is 2.62 bits per heavy atom. The average molecular weight is 427 g/mol. The average Bonchev–Trinajstić information content (AvgIpc) is 3.00. The minimum atomic E-state index is -0.587. The van der Waals surface area contributed by atoms with E-state index in [-0.39, 0.29) is 23.5 Å². The molecule has 8 heteroatoms. The van der Waals surface area contributed by atoms with E-state index < -0.39 is 12.1 Å². The van der Waals surface area contributed by atoms with Crippen LogP contribution in [-0.2, 0) is 23.9 Å². The minimum Gasteiger partial charge on any atom is -0.467 e. The Bertz CT molecular complexity index is 604. The number of thioether (sulfide) groups is 1. The highest BCUT2D eigenvalue weighted by Gasteiger charge is 2.40. The maximum absolute atomic E-state index is 12.7. The summed E-state index contributed by atoms with van der Waals surface area (Å²) in [4.78, 5) is 37.8. The summed E-state index contributed by atoms with van der Waals surface area (Å²) in [6.07, 6.45) is 4.57. The van der Waals surface area contributed by atoms with Gasteiger partial charge in [0.1, 0.15) is 0 Å². The van der Waals surface area contributed by atoms with Gasteiger partial charge in [0.2, 0.25) is 11.8 Å². The molecule has 0 radical (unpaired) electrons. The molecule has 2 amide bonds. The highest BCUT2D eigenvalue weighted by Crippen LogP contribution is 2.34. The summed E-state index contributed by atoms with van der Waals surface area (Å²) >= 11 is 1.51. The van der Waals surface area contributed by atoms with Gasteiger partial charge in [-0.25, -0.2) is 4.79 Å². The standard InChI is InChI=1S/C21H34N2O5S/c1-14(22-3)17-8-6-16(7-9-17)13-23-19(24)12-18(20(23)25)29-11-5-10-28-15(2)21(26)27-4/h15-18,22H,1,5-13H2,2-4H3/t15-,16-,17-,18?/m0/s1. The maximum Gasteiger partial charge on any atom is 0.334 e. The van der Waals surface area contributed by atoms with Gasteiger partial charge in [-0.15, -0.1) is 11.8 Å². The highest BCUT2D eigenvalue weighted by atomic mass is 32.2. The first kappa shape index (κ1) is 23.7. The number of allylic oxidation sites excluding steroid dienone is 1. The molecule has 29 heavy (non-hydrogen) atoms. The van der Waals surface area contributed by atoms with Crippen molar-refractivity contribution in [2.75, 3.05) is 33.1 Å². The first-order valence-electron chi connectivity index (χ1n) is 10.4. The van der Waals surface area contributed by atoms with E-state index in [0.717, 1.165) is 31.4 Å². The topological polar surface area (TPSA) is 84.9 Å². The largest absolute Gasteiger partial charge is 0.467 e. The van der Waals surface area contributed by atoms with E-state index in [1.165, 1.54) is 23.8 Å². The SMILES string of the molecule is C=C(NC)[C@H]1CC[C@H](CN2C(=O)CC(SCCCO[C@@H](C)C(=O)OC)C2=O)CC1. The van der Waals surface area contributed by atoms with Gasteiger partial charge in [-0.05, 0) is 56.6 Å². The molecular formula is C21H34N2O5S. The number of nitrogens with one attached hydrogen (secondary N) is 1. The van der Waals surface area contributed by atoms with E-state index in [0.29, 0.717) is 37.2 Å². The van der Waals surface area contributed by atoms with E-state index in [4.69, 9.17) is 4.74 Å². The third kappa shape index (κ3) is 6.74. The normalized spacial score (nSPS) is 25.8. The highest BCUT2D eigenvalue weighted by molar-refractivity contribution is 8.00. The molecule has 1 aliphatic heterocycles. The molecule has 2 rings (SSSR count). The molecule has 1 aliphatic carbocycles. The van der Waals surface area contributed by atoms with Gasteiger partial charge in [-0.3, -0.25) is 14.5 Å². The number of hydrogen-bond acceptors (Lipinski definition) is 7. The summed E-state index contributed by atoms with van der Waals surface area (Å²) in [6.45, 7) is 6.68. The molecule has 1 N–H and O–H groups in total. The number of likely N-dealkylation sites (tertiary alicyclic amines) is 1. The monoisotopic (exact) mass is 426 g/mol. The Balaban J connectivity index is 1.69. The van der Waals surface area contributed by atoms with Gasteiger partial charge in [0.05, 0.1) is 12.4 Å². The second-order valence-corrected chi connectivity index (χ2v) is 9.10. The van der Waals surface area contributed by atoms with Gasteiger partial charge in [-0.1, -0.05) is 6.58 Å². The zero-order valence-electron chi connectivity index (χ0n) is 17.8. The Labute approximate surface area is 177 Å². The number of ether oxygens (including phenoxy) is 2. The predicted molar refractivity (Wildman–Crippen MR) is 113 cm³/mol. The molecule has 2 aliphatic rings. The van der Waals surface area contributed by atoms with Gasteiger partial charge >= 0.3 is 5.97 Å². The molecular weight excluding hydrogens is 392 g/mol. The van der Waals surface area contributed by atoms with Crippen LogP contribution in [0.4, 0.5) is 0 Å². The lowest BCUT2D eigenvalue weighted by Gasteiger charge is -2.31. The van der Waals surface area contributed by atoms with E-state index in [1.807, 2.05) is 7.05 Å². The van der Waals surface area contributed by atoms with Crippen molar-refractivity contribution in [2.24, 2.45) is 11.8 Å². The van der Waals surface area contributed by atoms with Gasteiger partial charge in [0.15, 0.2) is 6.10 Å². The van der Waals surface area contributed by atoms with Crippen molar-refractivity contribution in [2.45, 2.75) is 56.8 Å². The van der Waals surface area contributed by atoms with E-state index in [9.17, 15) is 14.4 Å². The second kappa shape index (κ2) is 11.6. The molecule has 7 nitrogen and oxygen atoms in total. The molecule has 0 bridgehead atoms. The van der Waals surface area contributed by atoms with Crippen molar-refractivity contribution < 1.29 is 23.9 Å². The maximum atomic E-state index is 12.7. The number of amides is 2. The number of hydrogen-bond donors (Lipinski definition) is 1. The van der Waals surface area contributed by atoms with Gasteiger partial charge in [-0.2, -0.15) is 0 Å². The van der Waals surface area contributed by atoms with Crippen LogP contribution in [0.3, 0.4) is 0 Å². The second-order valence-electron chi connectivity index (χ2n) is 7.79. The smallest absolute Gasteiger partial charge is 0.334 e. The lowest BCUT2D eigenvalue weighted by molar-refractivity contribution is -0.152. The fraction of sp³-hybridized carbons (Fsp3) is 0.762. The fourth-order valence-corrected chi connectivity index (χ4v) is 5.01. The van der Waals surface area contributed by atoms with Crippen LogP contribution in [0.15, 0.2) is 12.3 Å². The van der Waals surface area contributed by atoms with Crippen LogP contribution in [0.1, 0.15) is 45.4 Å². The van der Waals surface area contributed by atoms with E-state index >= 15 is 0 Å². The van der Waals surface area contributed by atoms with Crippen LogP contribution >= 0.6 is 11.8 Å². The lowest BCUT2D eigenvalue weighted by Crippen LogP contribution is -2.37. The van der Waals surface area contributed by atoms with Gasteiger partial charge in [0, 0.05) is 32.3 Å². The molecule has 164 valence electrons. The summed E-state index contributed by atoms with van der Waals surface area (Å²) in [5, 5.41) is 2.85. The van der Waals surface area contributed by atoms with Crippen LogP contribution in [-0.4, -0.2) is 67.1 Å². The number of nitrogens with zero attached hydrogens (tertiary/aromatic N) is 1. The molecule has 2 fully saturated rings. The van der Waals surface area contributed by atoms with Crippen LogP contribution < -0.4 is 5.32 Å². The number of carbonyl (C=O) groups excluding carboxylic acids is 3. The first-order chi connectivity index (χ1) is 13.9. The summed E-state index contributed by atoms with van der Waals surface area (Å²) < 4.78 is 10.0. The summed E-state index contributed by atoms with van der Waals surface area (Å²) in [6, 6.07) is 0. The molecule has 1 saturated heterocycles. The van der Waals surface area contributed by atoms with Gasteiger partial charge < -0.3 is 14.8 Å². The molecule has 0 spiro atoms. The number of rotatable bonds is 11. The van der Waals surface area contributed by atoms with Gasteiger partial charge in [0.25, 0.3) is 0 Å². The third-order valence-corrected chi connectivity index (χ3v) is 7.11. The number of carbonyl (C=O) groups is 3. The van der Waals surface area contributed by atoms with Crippen molar-refractivity contribution in [3.63, 3.8) is 0 Å². The zero-order valence-corrected chi connectivity index (χ0v) is 18.6. The van der Waals surface area contributed by atoms with Crippen LogP contribution in [0, 0.1) is 11.8 Å². The first-order valence-corrected chi connectivity index (χ1v) is 11.4. The molecule has 2 atom stereocenters.